The maximum Gasteiger partial charge on any atom is 0.141 e. The number of aromatic nitrogens is 4. The van der Waals surface area contributed by atoms with E-state index in [0.29, 0.717) is 6.54 Å². The first-order chi connectivity index (χ1) is 8.26. The molecule has 2 heterocycles. The Morgan fingerprint density at radius 3 is 3.00 bits per heavy atom. The lowest BCUT2D eigenvalue weighted by Gasteiger charge is -1.94. The normalized spacial score (nSPS) is 11.2. The van der Waals surface area contributed by atoms with Crippen LogP contribution in [-0.4, -0.2) is 19.7 Å². The molecule has 86 valence electrons. The van der Waals surface area contributed by atoms with Crippen LogP contribution in [0.5, 0.6) is 0 Å². The second-order valence-corrected chi connectivity index (χ2v) is 4.04. The highest BCUT2D eigenvalue weighted by Crippen LogP contribution is 2.20. The summed E-state index contributed by atoms with van der Waals surface area (Å²) < 4.78 is 1.76. The molecule has 0 aliphatic heterocycles. The lowest BCUT2D eigenvalue weighted by Crippen LogP contribution is -1.95. The van der Waals surface area contributed by atoms with Crippen LogP contribution in [0, 0.1) is 0 Å². The fraction of sp³-hybridized carbons (Fsp3) is 0.167. The molecule has 1 aromatic carbocycles. The summed E-state index contributed by atoms with van der Waals surface area (Å²) in [6, 6.07) is 6.01. The third kappa shape index (κ3) is 1.70. The standard InChI is InChI=1S/C12H13N5/c1-17-7-9(6-14-17)12-15-10-3-2-8(5-13)4-11(10)16-12/h2-4,6-7H,5,13H2,1H3,(H,15,16). The van der Waals surface area contributed by atoms with Gasteiger partial charge in [-0.3, -0.25) is 4.68 Å². The van der Waals surface area contributed by atoms with Gasteiger partial charge in [-0.15, -0.1) is 0 Å². The van der Waals surface area contributed by atoms with Crippen molar-refractivity contribution >= 4 is 11.0 Å². The van der Waals surface area contributed by atoms with Crippen molar-refractivity contribution in [3.05, 3.63) is 36.2 Å². The highest BCUT2D eigenvalue weighted by molar-refractivity contribution is 5.79. The van der Waals surface area contributed by atoms with E-state index in [1.807, 2.05) is 31.4 Å². The van der Waals surface area contributed by atoms with Crippen LogP contribution in [0.3, 0.4) is 0 Å². The van der Waals surface area contributed by atoms with Gasteiger partial charge in [-0.25, -0.2) is 4.98 Å². The van der Waals surface area contributed by atoms with Gasteiger partial charge in [0.15, 0.2) is 0 Å². The van der Waals surface area contributed by atoms with Crippen LogP contribution >= 0.6 is 0 Å². The SMILES string of the molecule is Cn1cc(-c2nc3ccc(CN)cc3[nH]2)cn1. The van der Waals surface area contributed by atoms with Crippen LogP contribution in [0.25, 0.3) is 22.4 Å². The number of nitrogens with zero attached hydrogens (tertiary/aromatic N) is 3. The summed E-state index contributed by atoms with van der Waals surface area (Å²) in [5.41, 5.74) is 9.65. The Balaban J connectivity index is 2.13. The van der Waals surface area contributed by atoms with Crippen molar-refractivity contribution in [3.8, 4) is 11.4 Å². The molecule has 0 radical (unpaired) electrons. The van der Waals surface area contributed by atoms with Gasteiger partial charge in [0, 0.05) is 19.8 Å². The van der Waals surface area contributed by atoms with Crippen LogP contribution in [0.15, 0.2) is 30.6 Å². The number of rotatable bonds is 2. The topological polar surface area (TPSA) is 72.5 Å². The van der Waals surface area contributed by atoms with E-state index in [-0.39, 0.29) is 0 Å². The summed E-state index contributed by atoms with van der Waals surface area (Å²) in [6.07, 6.45) is 3.73. The van der Waals surface area contributed by atoms with E-state index in [9.17, 15) is 0 Å². The second-order valence-electron chi connectivity index (χ2n) is 4.04. The summed E-state index contributed by atoms with van der Waals surface area (Å²) in [4.78, 5) is 7.80. The van der Waals surface area contributed by atoms with Gasteiger partial charge >= 0.3 is 0 Å². The lowest BCUT2D eigenvalue weighted by atomic mass is 10.2. The Morgan fingerprint density at radius 1 is 1.41 bits per heavy atom. The predicted molar refractivity (Wildman–Crippen MR) is 66.2 cm³/mol. The van der Waals surface area contributed by atoms with Gasteiger partial charge in [-0.2, -0.15) is 5.10 Å². The third-order valence-electron chi connectivity index (χ3n) is 2.76. The molecule has 0 bridgehead atoms. The zero-order valence-corrected chi connectivity index (χ0v) is 9.51. The zero-order valence-electron chi connectivity index (χ0n) is 9.51. The molecule has 0 saturated heterocycles. The molecule has 17 heavy (non-hydrogen) atoms. The van der Waals surface area contributed by atoms with Crippen molar-refractivity contribution in [1.82, 2.24) is 19.7 Å². The van der Waals surface area contributed by atoms with Gasteiger partial charge in [-0.1, -0.05) is 6.07 Å². The van der Waals surface area contributed by atoms with E-state index in [1.165, 1.54) is 0 Å². The molecule has 2 aromatic heterocycles. The van der Waals surface area contributed by atoms with E-state index in [2.05, 4.69) is 15.1 Å². The zero-order chi connectivity index (χ0) is 11.8. The van der Waals surface area contributed by atoms with Crippen LogP contribution in [0.1, 0.15) is 5.56 Å². The Labute approximate surface area is 98.3 Å². The Morgan fingerprint density at radius 2 is 2.29 bits per heavy atom. The van der Waals surface area contributed by atoms with E-state index < -0.39 is 0 Å². The molecular weight excluding hydrogens is 214 g/mol. The van der Waals surface area contributed by atoms with Gasteiger partial charge in [-0.05, 0) is 17.7 Å². The Hall–Kier alpha value is -2.14. The number of aromatic amines is 1. The van der Waals surface area contributed by atoms with Crippen molar-refractivity contribution in [1.29, 1.82) is 0 Å². The third-order valence-corrected chi connectivity index (χ3v) is 2.76. The molecular formula is C12H13N5. The summed E-state index contributed by atoms with van der Waals surface area (Å²) in [5, 5.41) is 4.13. The molecule has 0 aliphatic carbocycles. The number of aryl methyl sites for hydroxylation is 1. The molecule has 0 amide bonds. The van der Waals surface area contributed by atoms with Gasteiger partial charge < -0.3 is 10.7 Å². The highest BCUT2D eigenvalue weighted by atomic mass is 15.2. The van der Waals surface area contributed by atoms with E-state index >= 15 is 0 Å². The van der Waals surface area contributed by atoms with E-state index in [0.717, 1.165) is 28.0 Å². The molecule has 0 aliphatic rings. The number of hydrogen-bond acceptors (Lipinski definition) is 3. The summed E-state index contributed by atoms with van der Waals surface area (Å²) in [5.74, 6) is 0.835. The Bertz CT molecular complexity index is 664. The number of benzene rings is 1. The van der Waals surface area contributed by atoms with Crippen molar-refractivity contribution in [2.24, 2.45) is 12.8 Å². The summed E-state index contributed by atoms with van der Waals surface area (Å²) in [6.45, 7) is 0.539. The number of nitrogens with one attached hydrogen (secondary N) is 1. The van der Waals surface area contributed by atoms with E-state index in [1.54, 1.807) is 10.9 Å². The maximum atomic E-state index is 5.61. The monoisotopic (exact) mass is 227 g/mol. The van der Waals surface area contributed by atoms with Gasteiger partial charge in [0.05, 0.1) is 22.8 Å². The van der Waals surface area contributed by atoms with Gasteiger partial charge in [0.2, 0.25) is 0 Å². The lowest BCUT2D eigenvalue weighted by molar-refractivity contribution is 0.768. The number of imidazole rings is 1. The average molecular weight is 227 g/mol. The fourth-order valence-corrected chi connectivity index (χ4v) is 1.86. The van der Waals surface area contributed by atoms with Gasteiger partial charge in [0.25, 0.3) is 0 Å². The molecule has 3 aromatic rings. The van der Waals surface area contributed by atoms with Crippen molar-refractivity contribution < 1.29 is 0 Å². The molecule has 0 atom stereocenters. The molecule has 0 unspecified atom stereocenters. The summed E-state index contributed by atoms with van der Waals surface area (Å²) in [7, 11) is 1.89. The van der Waals surface area contributed by atoms with Crippen LogP contribution < -0.4 is 5.73 Å². The predicted octanol–water partition coefficient (Wildman–Crippen LogP) is 1.42. The molecule has 0 spiro atoms. The number of H-pyrrole nitrogens is 1. The second kappa shape index (κ2) is 3.71. The van der Waals surface area contributed by atoms with Crippen molar-refractivity contribution in [2.45, 2.75) is 6.54 Å². The average Bonchev–Trinajstić information content (AvgIpc) is 2.93. The minimum atomic E-state index is 0.539. The first kappa shape index (κ1) is 10.0. The largest absolute Gasteiger partial charge is 0.338 e. The molecule has 3 N–H and O–H groups in total. The molecule has 0 fully saturated rings. The van der Waals surface area contributed by atoms with Crippen LogP contribution in [0.2, 0.25) is 0 Å². The van der Waals surface area contributed by atoms with Crippen molar-refractivity contribution in [3.63, 3.8) is 0 Å². The Kier molecular flexibility index (Phi) is 2.19. The minimum Gasteiger partial charge on any atom is -0.338 e. The number of hydrogen-bond donors (Lipinski definition) is 2. The summed E-state index contributed by atoms with van der Waals surface area (Å²) >= 11 is 0. The van der Waals surface area contributed by atoms with Crippen LogP contribution in [0.4, 0.5) is 0 Å². The fourth-order valence-electron chi connectivity index (χ4n) is 1.86. The molecule has 0 saturated carbocycles. The molecule has 3 rings (SSSR count). The molecule has 5 nitrogen and oxygen atoms in total. The first-order valence-electron chi connectivity index (χ1n) is 5.44. The van der Waals surface area contributed by atoms with Crippen LogP contribution in [-0.2, 0) is 13.6 Å². The van der Waals surface area contributed by atoms with Gasteiger partial charge in [0.1, 0.15) is 5.82 Å². The maximum absolute atomic E-state index is 5.61. The smallest absolute Gasteiger partial charge is 0.141 e. The molecule has 5 heteroatoms. The number of nitrogens with two attached hydrogens (primary N) is 1. The van der Waals surface area contributed by atoms with E-state index in [4.69, 9.17) is 5.73 Å². The first-order valence-corrected chi connectivity index (χ1v) is 5.44. The highest BCUT2D eigenvalue weighted by Gasteiger charge is 2.07. The quantitative estimate of drug-likeness (QED) is 0.695. The van der Waals surface area contributed by atoms with Crippen molar-refractivity contribution in [2.75, 3.05) is 0 Å². The number of fused-ring (bicyclic) bond motifs is 1. The minimum absolute atomic E-state index is 0.539.